The van der Waals surface area contributed by atoms with E-state index in [9.17, 15) is 4.79 Å². The third kappa shape index (κ3) is 2.76. The topological polar surface area (TPSA) is 91.9 Å². The van der Waals surface area contributed by atoms with E-state index in [1.807, 2.05) is 12.1 Å². The number of amides is 1. The number of anilines is 2. The molecule has 4 rings (SSSR count). The maximum absolute atomic E-state index is 12.5. The van der Waals surface area contributed by atoms with Gasteiger partial charge in [0, 0.05) is 24.9 Å². The Balaban J connectivity index is 1.88. The van der Waals surface area contributed by atoms with Crippen LogP contribution in [0.3, 0.4) is 0 Å². The van der Waals surface area contributed by atoms with Crippen LogP contribution in [0.1, 0.15) is 16.1 Å². The van der Waals surface area contributed by atoms with E-state index in [0.717, 1.165) is 11.4 Å². The molecule has 0 radical (unpaired) electrons. The van der Waals surface area contributed by atoms with E-state index >= 15 is 0 Å². The molecular formula is C18H16ClN5O2. The van der Waals surface area contributed by atoms with Gasteiger partial charge in [0.25, 0.3) is 5.91 Å². The van der Waals surface area contributed by atoms with Gasteiger partial charge in [0.1, 0.15) is 6.33 Å². The Kier molecular flexibility index (Phi) is 4.22. The molecule has 26 heavy (non-hydrogen) atoms. The Morgan fingerprint density at radius 3 is 2.96 bits per heavy atom. The highest BCUT2D eigenvalue weighted by Crippen LogP contribution is 2.40. The van der Waals surface area contributed by atoms with Crippen LogP contribution in [0.15, 0.2) is 36.8 Å². The first-order chi connectivity index (χ1) is 12.7. The van der Waals surface area contributed by atoms with E-state index in [2.05, 4.69) is 25.6 Å². The van der Waals surface area contributed by atoms with Crippen LogP contribution in [-0.4, -0.2) is 34.5 Å². The number of benzene rings is 1. The van der Waals surface area contributed by atoms with Gasteiger partial charge in [0.2, 0.25) is 0 Å². The minimum absolute atomic E-state index is 0.133. The normalized spacial score (nSPS) is 13.1. The lowest BCUT2D eigenvalue weighted by molar-refractivity contribution is 0.0947. The average molecular weight is 370 g/mol. The predicted octanol–water partition coefficient (Wildman–Crippen LogP) is 3.16. The van der Waals surface area contributed by atoms with Crippen LogP contribution in [-0.2, 0) is 6.42 Å². The van der Waals surface area contributed by atoms with E-state index in [-0.39, 0.29) is 5.91 Å². The molecule has 3 N–H and O–H groups in total. The van der Waals surface area contributed by atoms with Gasteiger partial charge in [0.15, 0.2) is 5.75 Å². The molecule has 1 amide bonds. The molecule has 0 bridgehead atoms. The lowest BCUT2D eigenvalue weighted by Gasteiger charge is -2.16. The number of rotatable bonds is 4. The zero-order valence-electron chi connectivity index (χ0n) is 14.0. The number of hydrogen-bond donors (Lipinski definition) is 3. The zero-order chi connectivity index (χ0) is 18.1. The molecule has 1 aliphatic rings. The molecule has 1 aromatic carbocycles. The Bertz CT molecular complexity index is 971. The highest BCUT2D eigenvalue weighted by molar-refractivity contribution is 6.32. The van der Waals surface area contributed by atoms with Gasteiger partial charge in [0.05, 0.1) is 40.5 Å². The van der Waals surface area contributed by atoms with Crippen molar-refractivity contribution in [2.24, 2.45) is 0 Å². The second-order valence-electron chi connectivity index (χ2n) is 5.77. The van der Waals surface area contributed by atoms with E-state index in [0.29, 0.717) is 46.4 Å². The Labute approximate surface area is 154 Å². The van der Waals surface area contributed by atoms with Gasteiger partial charge in [-0.25, -0.2) is 9.97 Å². The van der Waals surface area contributed by atoms with Crippen molar-refractivity contribution in [1.82, 2.24) is 20.3 Å². The van der Waals surface area contributed by atoms with Crippen molar-refractivity contribution in [3.63, 3.8) is 0 Å². The Hall–Kier alpha value is -3.06. The largest absolute Gasteiger partial charge is 0.493 e. The minimum atomic E-state index is -0.133. The number of halogens is 1. The molecule has 0 spiro atoms. The molecule has 0 aliphatic carbocycles. The first-order valence-electron chi connectivity index (χ1n) is 8.08. The third-order valence-electron chi connectivity index (χ3n) is 4.23. The van der Waals surface area contributed by atoms with Crippen LogP contribution < -0.4 is 15.4 Å². The van der Waals surface area contributed by atoms with Crippen molar-refractivity contribution in [2.45, 2.75) is 6.42 Å². The van der Waals surface area contributed by atoms with Crippen LogP contribution in [0.2, 0.25) is 5.02 Å². The number of carbonyl (C=O) groups excluding carboxylic acids is 1. The van der Waals surface area contributed by atoms with Crippen LogP contribution >= 0.6 is 11.6 Å². The number of aromatic amines is 1. The fourth-order valence-electron chi connectivity index (χ4n) is 3.08. The number of aromatic nitrogens is 3. The lowest BCUT2D eigenvalue weighted by atomic mass is 10.1. The summed E-state index contributed by atoms with van der Waals surface area (Å²) in [4.78, 5) is 24.1. The fourth-order valence-corrected chi connectivity index (χ4v) is 3.34. The number of nitrogens with zero attached hydrogens (tertiary/aromatic N) is 2. The number of methoxy groups -OCH3 is 1. The van der Waals surface area contributed by atoms with Gasteiger partial charge < -0.3 is 20.4 Å². The number of hydrogen-bond acceptors (Lipinski definition) is 5. The Morgan fingerprint density at radius 2 is 2.19 bits per heavy atom. The van der Waals surface area contributed by atoms with Gasteiger partial charge in [-0.15, -0.1) is 0 Å². The van der Waals surface area contributed by atoms with Crippen LogP contribution in [0.5, 0.6) is 5.75 Å². The lowest BCUT2D eigenvalue weighted by Crippen LogP contribution is -2.31. The van der Waals surface area contributed by atoms with E-state index < -0.39 is 0 Å². The summed E-state index contributed by atoms with van der Waals surface area (Å²) in [6.07, 6.45) is 3.85. The summed E-state index contributed by atoms with van der Waals surface area (Å²) in [6, 6.07) is 7.19. The van der Waals surface area contributed by atoms with Gasteiger partial charge in [-0.3, -0.25) is 4.79 Å². The monoisotopic (exact) mass is 369 g/mol. The van der Waals surface area contributed by atoms with E-state index in [4.69, 9.17) is 16.3 Å². The molecule has 8 heteroatoms. The molecule has 0 unspecified atom stereocenters. The van der Waals surface area contributed by atoms with Crippen molar-refractivity contribution in [3.05, 3.63) is 53.1 Å². The van der Waals surface area contributed by atoms with Crippen LogP contribution in [0.25, 0.3) is 11.4 Å². The smallest absolute Gasteiger partial charge is 0.255 e. The molecule has 7 nitrogen and oxygen atoms in total. The number of para-hydroxylation sites is 1. The summed E-state index contributed by atoms with van der Waals surface area (Å²) in [6.45, 7) is 0.593. The average Bonchev–Trinajstić information content (AvgIpc) is 3.02. The zero-order valence-corrected chi connectivity index (χ0v) is 14.7. The maximum atomic E-state index is 12.5. The summed E-state index contributed by atoms with van der Waals surface area (Å²) in [5, 5.41) is 6.67. The first-order valence-corrected chi connectivity index (χ1v) is 8.45. The molecular weight excluding hydrogens is 354 g/mol. The fraction of sp³-hybridized carbons (Fsp3) is 0.167. The van der Waals surface area contributed by atoms with Crippen molar-refractivity contribution in [2.75, 3.05) is 19.0 Å². The maximum Gasteiger partial charge on any atom is 0.255 e. The molecule has 2 aromatic heterocycles. The molecule has 132 valence electrons. The number of ether oxygens (including phenoxy) is 1. The SMILES string of the molecule is COc1c(Cl)cccc1Nc1c(-c2ccncn2)[nH]c2c1C(=O)NCC2. The van der Waals surface area contributed by atoms with Crippen molar-refractivity contribution < 1.29 is 9.53 Å². The van der Waals surface area contributed by atoms with Crippen molar-refractivity contribution in [1.29, 1.82) is 0 Å². The first kappa shape index (κ1) is 16.4. The van der Waals surface area contributed by atoms with Gasteiger partial charge in [-0.1, -0.05) is 17.7 Å². The van der Waals surface area contributed by atoms with Gasteiger partial charge in [-0.05, 0) is 18.2 Å². The molecule has 3 heterocycles. The number of H-pyrrole nitrogens is 1. The standard InChI is InChI=1S/C18H16ClN5O2/c1-26-17-10(19)3-2-4-13(17)24-16-14-11(6-8-21-18(14)25)23-15(16)12-5-7-20-9-22-12/h2-5,7,9,23-24H,6,8H2,1H3,(H,21,25). The van der Waals surface area contributed by atoms with Crippen molar-refractivity contribution >= 4 is 28.9 Å². The van der Waals surface area contributed by atoms with E-state index in [1.165, 1.54) is 6.33 Å². The molecule has 0 saturated heterocycles. The molecule has 0 fully saturated rings. The van der Waals surface area contributed by atoms with Crippen LogP contribution in [0.4, 0.5) is 11.4 Å². The summed E-state index contributed by atoms with van der Waals surface area (Å²) in [7, 11) is 1.55. The summed E-state index contributed by atoms with van der Waals surface area (Å²) < 4.78 is 5.41. The molecule has 1 aliphatic heterocycles. The highest BCUT2D eigenvalue weighted by Gasteiger charge is 2.28. The summed E-state index contributed by atoms with van der Waals surface area (Å²) in [5.74, 6) is 0.375. The second-order valence-corrected chi connectivity index (χ2v) is 6.18. The van der Waals surface area contributed by atoms with Crippen LogP contribution in [0, 0.1) is 0 Å². The van der Waals surface area contributed by atoms with E-state index in [1.54, 1.807) is 25.4 Å². The number of carbonyl (C=O) groups is 1. The highest BCUT2D eigenvalue weighted by atomic mass is 35.5. The quantitative estimate of drug-likeness (QED) is 0.657. The van der Waals surface area contributed by atoms with Crippen molar-refractivity contribution in [3.8, 4) is 17.1 Å². The van der Waals surface area contributed by atoms with Gasteiger partial charge >= 0.3 is 0 Å². The summed E-state index contributed by atoms with van der Waals surface area (Å²) >= 11 is 6.23. The number of nitrogens with one attached hydrogen (secondary N) is 3. The number of fused-ring (bicyclic) bond motifs is 1. The molecule has 0 atom stereocenters. The third-order valence-corrected chi connectivity index (χ3v) is 4.53. The predicted molar refractivity (Wildman–Crippen MR) is 99.1 cm³/mol. The second kappa shape index (κ2) is 6.68. The molecule has 0 saturated carbocycles. The molecule has 3 aromatic rings. The minimum Gasteiger partial charge on any atom is -0.493 e. The van der Waals surface area contributed by atoms with Gasteiger partial charge in [-0.2, -0.15) is 0 Å². The Morgan fingerprint density at radius 1 is 1.31 bits per heavy atom. The summed E-state index contributed by atoms with van der Waals surface area (Å²) in [5.41, 5.74) is 4.15.